The van der Waals surface area contributed by atoms with E-state index >= 15 is 0 Å². The molecule has 0 aliphatic rings. The third-order valence-corrected chi connectivity index (χ3v) is 6.03. The van der Waals surface area contributed by atoms with E-state index in [-0.39, 0.29) is 17.2 Å². The molecule has 0 N–H and O–H groups in total. The molecule has 0 aliphatic carbocycles. The largest absolute Gasteiger partial charge is 0.298 e. The highest BCUT2D eigenvalue weighted by atomic mass is 16.6. The Morgan fingerprint density at radius 1 is 0.667 bits per heavy atom. The molecule has 2 unspecified atom stereocenters. The molecular formula is C27H22N4O5. The van der Waals surface area contributed by atoms with E-state index in [9.17, 15) is 25.0 Å². The standard InChI is InChI=1S/C27H22N4O5/c32-27(25(15-19-7-11-28-12-8-19)21-3-1-5-23(17-21)30(33)34)26(16-20-9-13-29-14-10-20)22-4-2-6-24(18-22)31(35)36/h1-14,17-18,25-26H,15-16H2. The first-order valence-corrected chi connectivity index (χ1v) is 11.2. The van der Waals surface area contributed by atoms with E-state index in [1.807, 2.05) is 0 Å². The van der Waals surface area contributed by atoms with Crippen LogP contribution >= 0.6 is 0 Å². The number of aromatic nitrogens is 2. The highest BCUT2D eigenvalue weighted by molar-refractivity contribution is 5.92. The van der Waals surface area contributed by atoms with E-state index in [0.29, 0.717) is 24.0 Å². The van der Waals surface area contributed by atoms with Gasteiger partial charge in [0.2, 0.25) is 0 Å². The van der Waals surface area contributed by atoms with E-state index in [4.69, 9.17) is 0 Å². The summed E-state index contributed by atoms with van der Waals surface area (Å²) in [7, 11) is 0. The fraction of sp³-hybridized carbons (Fsp3) is 0.148. The lowest BCUT2D eigenvalue weighted by Crippen LogP contribution is -2.24. The molecule has 0 spiro atoms. The summed E-state index contributed by atoms with van der Waals surface area (Å²) in [6, 6.07) is 19.3. The summed E-state index contributed by atoms with van der Waals surface area (Å²) in [6.07, 6.45) is 7.09. The topological polar surface area (TPSA) is 129 Å². The maximum atomic E-state index is 14.2. The summed E-state index contributed by atoms with van der Waals surface area (Å²) >= 11 is 0. The van der Waals surface area contributed by atoms with Crippen LogP contribution in [0.1, 0.15) is 34.1 Å². The Bertz CT molecular complexity index is 1270. The summed E-state index contributed by atoms with van der Waals surface area (Å²) < 4.78 is 0. The predicted molar refractivity (Wildman–Crippen MR) is 133 cm³/mol. The zero-order valence-electron chi connectivity index (χ0n) is 19.1. The molecule has 0 saturated heterocycles. The van der Waals surface area contributed by atoms with Crippen molar-refractivity contribution in [2.24, 2.45) is 0 Å². The van der Waals surface area contributed by atoms with Crippen LogP contribution in [0.5, 0.6) is 0 Å². The van der Waals surface area contributed by atoms with Crippen molar-refractivity contribution in [3.05, 3.63) is 140 Å². The zero-order valence-corrected chi connectivity index (χ0v) is 19.1. The molecule has 0 bridgehead atoms. The molecule has 0 fully saturated rings. The quantitative estimate of drug-likeness (QED) is 0.224. The van der Waals surface area contributed by atoms with Crippen molar-refractivity contribution in [2.75, 3.05) is 0 Å². The number of nitrogens with zero attached hydrogens (tertiary/aromatic N) is 4. The van der Waals surface area contributed by atoms with Gasteiger partial charge in [-0.25, -0.2) is 0 Å². The van der Waals surface area contributed by atoms with Crippen LogP contribution in [0, 0.1) is 20.2 Å². The second kappa shape index (κ2) is 11.1. The van der Waals surface area contributed by atoms with Crippen LogP contribution in [-0.4, -0.2) is 25.6 Å². The molecule has 4 rings (SSSR count). The van der Waals surface area contributed by atoms with Crippen molar-refractivity contribution in [1.82, 2.24) is 9.97 Å². The molecular weight excluding hydrogens is 460 g/mol. The first-order valence-electron chi connectivity index (χ1n) is 11.2. The molecule has 2 heterocycles. The summed E-state index contributed by atoms with van der Waals surface area (Å²) in [4.78, 5) is 44.2. The highest BCUT2D eigenvalue weighted by Crippen LogP contribution is 2.34. The van der Waals surface area contributed by atoms with Crippen LogP contribution in [0.4, 0.5) is 11.4 Å². The maximum Gasteiger partial charge on any atom is 0.269 e. The number of nitro groups is 2. The molecule has 2 aromatic heterocycles. The number of nitro benzene ring substituents is 2. The Balaban J connectivity index is 1.81. The van der Waals surface area contributed by atoms with E-state index in [1.54, 1.807) is 73.3 Å². The molecule has 9 heteroatoms. The first kappa shape index (κ1) is 24.3. The van der Waals surface area contributed by atoms with Gasteiger partial charge in [0.1, 0.15) is 5.78 Å². The van der Waals surface area contributed by atoms with E-state index in [2.05, 4.69) is 9.97 Å². The Hall–Kier alpha value is -4.79. The average molecular weight is 482 g/mol. The van der Waals surface area contributed by atoms with Gasteiger partial charge in [0, 0.05) is 60.9 Å². The minimum Gasteiger partial charge on any atom is -0.298 e. The van der Waals surface area contributed by atoms with Gasteiger partial charge in [-0.05, 0) is 59.4 Å². The van der Waals surface area contributed by atoms with Gasteiger partial charge in [-0.15, -0.1) is 0 Å². The average Bonchev–Trinajstić information content (AvgIpc) is 2.91. The minimum atomic E-state index is -0.724. The number of benzene rings is 2. The van der Waals surface area contributed by atoms with Gasteiger partial charge in [0.25, 0.3) is 11.4 Å². The molecule has 0 radical (unpaired) electrons. The number of hydrogen-bond donors (Lipinski definition) is 0. The van der Waals surface area contributed by atoms with Gasteiger partial charge < -0.3 is 0 Å². The second-order valence-corrected chi connectivity index (χ2v) is 8.33. The lowest BCUT2D eigenvalue weighted by Gasteiger charge is -2.24. The van der Waals surface area contributed by atoms with Gasteiger partial charge in [0.15, 0.2) is 0 Å². The SMILES string of the molecule is O=C(C(Cc1ccncc1)c1cccc([N+](=O)[O-])c1)C(Cc1ccncc1)c1cccc([N+](=O)[O-])c1. The van der Waals surface area contributed by atoms with Crippen molar-refractivity contribution in [2.45, 2.75) is 24.7 Å². The number of non-ortho nitro benzene ring substituents is 2. The van der Waals surface area contributed by atoms with Crippen molar-refractivity contribution in [3.63, 3.8) is 0 Å². The van der Waals surface area contributed by atoms with Crippen LogP contribution in [0.2, 0.25) is 0 Å². The second-order valence-electron chi connectivity index (χ2n) is 8.33. The van der Waals surface area contributed by atoms with Crippen molar-refractivity contribution >= 4 is 17.2 Å². The monoisotopic (exact) mass is 482 g/mol. The zero-order chi connectivity index (χ0) is 25.5. The first-order chi connectivity index (χ1) is 17.4. The Labute approximate surface area is 206 Å². The van der Waals surface area contributed by atoms with Crippen molar-refractivity contribution in [1.29, 1.82) is 0 Å². The number of Topliss-reactive ketones (excluding diaryl/α,β-unsaturated/α-hetero) is 1. The Kier molecular flexibility index (Phi) is 7.50. The van der Waals surface area contributed by atoms with Crippen LogP contribution in [0.3, 0.4) is 0 Å². The number of pyridine rings is 2. The van der Waals surface area contributed by atoms with Crippen molar-refractivity contribution in [3.8, 4) is 0 Å². The smallest absolute Gasteiger partial charge is 0.269 e. The fourth-order valence-corrected chi connectivity index (χ4v) is 4.23. The maximum absolute atomic E-state index is 14.2. The van der Waals surface area contributed by atoms with Gasteiger partial charge in [-0.3, -0.25) is 35.0 Å². The molecule has 4 aromatic rings. The van der Waals surface area contributed by atoms with Gasteiger partial charge >= 0.3 is 0 Å². The number of carbonyl (C=O) groups is 1. The molecule has 180 valence electrons. The van der Waals surface area contributed by atoms with Crippen LogP contribution in [-0.2, 0) is 17.6 Å². The fourth-order valence-electron chi connectivity index (χ4n) is 4.23. The summed E-state index contributed by atoms with van der Waals surface area (Å²) in [5.74, 6) is -1.64. The normalized spacial score (nSPS) is 12.4. The molecule has 2 atom stereocenters. The summed E-state index contributed by atoms with van der Waals surface area (Å²) in [6.45, 7) is 0. The molecule has 0 amide bonds. The van der Waals surface area contributed by atoms with Crippen LogP contribution in [0.25, 0.3) is 0 Å². The van der Waals surface area contributed by atoms with E-state index < -0.39 is 21.7 Å². The molecule has 0 aliphatic heterocycles. The summed E-state index contributed by atoms with van der Waals surface area (Å²) in [5.41, 5.74) is 2.49. The van der Waals surface area contributed by atoms with Crippen LogP contribution < -0.4 is 0 Å². The Morgan fingerprint density at radius 2 is 1.06 bits per heavy atom. The number of hydrogen-bond acceptors (Lipinski definition) is 7. The molecule has 9 nitrogen and oxygen atoms in total. The number of rotatable bonds is 10. The predicted octanol–water partition coefficient (Wildman–Crippen LogP) is 5.21. The Morgan fingerprint density at radius 3 is 1.42 bits per heavy atom. The lowest BCUT2D eigenvalue weighted by atomic mass is 9.78. The highest BCUT2D eigenvalue weighted by Gasteiger charge is 2.31. The molecule has 2 aromatic carbocycles. The molecule has 36 heavy (non-hydrogen) atoms. The van der Waals surface area contributed by atoms with Gasteiger partial charge in [-0.2, -0.15) is 0 Å². The van der Waals surface area contributed by atoms with Crippen LogP contribution in [0.15, 0.2) is 97.6 Å². The number of ketones is 1. The van der Waals surface area contributed by atoms with Crippen molar-refractivity contribution < 1.29 is 14.6 Å². The van der Waals surface area contributed by atoms with E-state index in [0.717, 1.165) is 11.1 Å². The molecule has 0 saturated carbocycles. The minimum absolute atomic E-state index is 0.110. The van der Waals surface area contributed by atoms with E-state index in [1.165, 1.54) is 24.3 Å². The summed E-state index contributed by atoms with van der Waals surface area (Å²) in [5, 5.41) is 22.9. The number of carbonyl (C=O) groups excluding carboxylic acids is 1. The third kappa shape index (κ3) is 5.82. The third-order valence-electron chi connectivity index (χ3n) is 6.03. The van der Waals surface area contributed by atoms with Gasteiger partial charge in [0.05, 0.1) is 9.85 Å². The lowest BCUT2D eigenvalue weighted by molar-refractivity contribution is -0.385. The van der Waals surface area contributed by atoms with Gasteiger partial charge in [-0.1, -0.05) is 24.3 Å².